The topological polar surface area (TPSA) is 12.9 Å². The number of thioether (sulfide) groups is 1. The van der Waals surface area contributed by atoms with E-state index in [0.29, 0.717) is 4.75 Å². The molecule has 1 rings (SSSR count). The lowest BCUT2D eigenvalue weighted by Gasteiger charge is -2.15. The number of thiazole rings is 1. The minimum absolute atomic E-state index is 0.347. The normalized spacial score (nSPS) is 12.0. The fourth-order valence-corrected chi connectivity index (χ4v) is 2.37. The van der Waals surface area contributed by atoms with Crippen molar-refractivity contribution in [3.8, 4) is 0 Å². The van der Waals surface area contributed by atoms with Crippen LogP contribution in [-0.2, 0) is 5.75 Å². The molecule has 0 N–H and O–H groups in total. The van der Waals surface area contributed by atoms with Gasteiger partial charge in [0.05, 0.1) is 0 Å². The van der Waals surface area contributed by atoms with Gasteiger partial charge < -0.3 is 0 Å². The first-order chi connectivity index (χ1) is 5.47. The first-order valence-corrected chi connectivity index (χ1v) is 5.83. The van der Waals surface area contributed by atoms with Crippen LogP contribution in [0.1, 0.15) is 30.7 Å². The van der Waals surface area contributed by atoms with Gasteiger partial charge in [0.1, 0.15) is 5.01 Å². The van der Waals surface area contributed by atoms with Gasteiger partial charge in [-0.25, -0.2) is 4.98 Å². The Morgan fingerprint density at radius 2 is 2.17 bits per heavy atom. The Morgan fingerprint density at radius 3 is 2.58 bits per heavy atom. The van der Waals surface area contributed by atoms with Crippen molar-refractivity contribution >= 4 is 23.1 Å². The molecule has 1 aromatic rings. The van der Waals surface area contributed by atoms with Crippen molar-refractivity contribution in [1.29, 1.82) is 0 Å². The summed E-state index contributed by atoms with van der Waals surface area (Å²) in [5, 5.41) is 1.24. The Labute approximate surface area is 82.6 Å². The Hall–Kier alpha value is -0.0200. The predicted molar refractivity (Wildman–Crippen MR) is 57.9 cm³/mol. The number of hydrogen-bond acceptors (Lipinski definition) is 3. The lowest BCUT2D eigenvalue weighted by atomic mass is 10.3. The molecule has 0 spiro atoms. The van der Waals surface area contributed by atoms with Crippen LogP contribution in [0.25, 0.3) is 0 Å². The van der Waals surface area contributed by atoms with Crippen LogP contribution >= 0.6 is 23.1 Å². The zero-order chi connectivity index (χ0) is 9.19. The molecule has 0 atom stereocenters. The molecule has 0 amide bonds. The third kappa shape index (κ3) is 3.59. The zero-order valence-electron chi connectivity index (χ0n) is 8.05. The molecule has 0 saturated carbocycles. The van der Waals surface area contributed by atoms with Crippen molar-refractivity contribution in [3.05, 3.63) is 16.1 Å². The van der Waals surface area contributed by atoms with Gasteiger partial charge in [-0.3, -0.25) is 0 Å². The minimum Gasteiger partial charge on any atom is -0.249 e. The average Bonchev–Trinajstić information content (AvgIpc) is 2.30. The van der Waals surface area contributed by atoms with E-state index in [4.69, 9.17) is 0 Å². The molecule has 0 radical (unpaired) electrons. The number of rotatable bonds is 2. The average molecular weight is 201 g/mol. The summed E-state index contributed by atoms with van der Waals surface area (Å²) >= 11 is 3.74. The highest BCUT2D eigenvalue weighted by Gasteiger charge is 2.11. The molecule has 0 aliphatic rings. The van der Waals surface area contributed by atoms with E-state index >= 15 is 0 Å². The van der Waals surface area contributed by atoms with Gasteiger partial charge in [-0.1, -0.05) is 20.8 Å². The molecule has 0 unspecified atom stereocenters. The smallest absolute Gasteiger partial charge is 0.103 e. The highest BCUT2D eigenvalue weighted by Crippen LogP contribution is 2.28. The molecule has 0 bridgehead atoms. The Bertz CT molecular complexity index is 247. The SMILES string of the molecule is Cc1cnc(CSC(C)(C)C)s1. The zero-order valence-corrected chi connectivity index (χ0v) is 9.68. The molecule has 0 fully saturated rings. The van der Waals surface area contributed by atoms with Crippen molar-refractivity contribution in [2.45, 2.75) is 38.2 Å². The number of aryl methyl sites for hydroxylation is 1. The van der Waals surface area contributed by atoms with E-state index in [1.165, 1.54) is 9.88 Å². The van der Waals surface area contributed by atoms with E-state index in [1.807, 2.05) is 18.0 Å². The lowest BCUT2D eigenvalue weighted by molar-refractivity contribution is 0.802. The standard InChI is InChI=1S/C9H15NS2/c1-7-5-10-8(12-7)6-11-9(2,3)4/h5H,6H2,1-4H3. The summed E-state index contributed by atoms with van der Waals surface area (Å²) in [7, 11) is 0. The maximum atomic E-state index is 4.32. The molecule has 1 heterocycles. The van der Waals surface area contributed by atoms with Gasteiger partial charge in [-0.2, -0.15) is 0 Å². The summed E-state index contributed by atoms with van der Waals surface area (Å²) in [4.78, 5) is 5.62. The van der Waals surface area contributed by atoms with Crippen LogP contribution < -0.4 is 0 Å². The first kappa shape index (κ1) is 10.1. The van der Waals surface area contributed by atoms with Gasteiger partial charge in [0, 0.05) is 21.6 Å². The van der Waals surface area contributed by atoms with Crippen LogP contribution in [0.5, 0.6) is 0 Å². The van der Waals surface area contributed by atoms with E-state index < -0.39 is 0 Å². The van der Waals surface area contributed by atoms with E-state index in [1.54, 1.807) is 11.3 Å². The van der Waals surface area contributed by atoms with Crippen LogP contribution in [-0.4, -0.2) is 9.73 Å². The molecule has 0 aromatic carbocycles. The number of aromatic nitrogens is 1. The maximum absolute atomic E-state index is 4.32. The molecule has 0 aliphatic carbocycles. The molecule has 1 aromatic heterocycles. The Kier molecular flexibility index (Phi) is 3.18. The fraction of sp³-hybridized carbons (Fsp3) is 0.667. The maximum Gasteiger partial charge on any atom is 0.103 e. The van der Waals surface area contributed by atoms with Crippen molar-refractivity contribution in [3.63, 3.8) is 0 Å². The highest BCUT2D eigenvalue weighted by molar-refractivity contribution is 7.99. The second-order valence-electron chi connectivity index (χ2n) is 3.77. The molecule has 0 saturated heterocycles. The minimum atomic E-state index is 0.347. The molecule has 68 valence electrons. The van der Waals surface area contributed by atoms with Crippen LogP contribution in [0.3, 0.4) is 0 Å². The predicted octanol–water partition coefficient (Wildman–Crippen LogP) is 3.48. The molecule has 12 heavy (non-hydrogen) atoms. The summed E-state index contributed by atoms with van der Waals surface area (Å²) in [6, 6.07) is 0. The second-order valence-corrected chi connectivity index (χ2v) is 6.89. The Balaban J connectivity index is 2.44. The van der Waals surface area contributed by atoms with Gasteiger partial charge >= 0.3 is 0 Å². The van der Waals surface area contributed by atoms with Crippen molar-refractivity contribution in [1.82, 2.24) is 4.98 Å². The van der Waals surface area contributed by atoms with Gasteiger partial charge in [-0.05, 0) is 6.92 Å². The van der Waals surface area contributed by atoms with Crippen molar-refractivity contribution in [2.24, 2.45) is 0 Å². The van der Waals surface area contributed by atoms with Crippen molar-refractivity contribution in [2.75, 3.05) is 0 Å². The number of nitrogens with zero attached hydrogens (tertiary/aromatic N) is 1. The van der Waals surface area contributed by atoms with Gasteiger partial charge in [-0.15, -0.1) is 23.1 Å². The first-order valence-electron chi connectivity index (χ1n) is 4.03. The molecular weight excluding hydrogens is 186 g/mol. The Morgan fingerprint density at radius 1 is 1.50 bits per heavy atom. The van der Waals surface area contributed by atoms with E-state index in [9.17, 15) is 0 Å². The van der Waals surface area contributed by atoms with Gasteiger partial charge in [0.15, 0.2) is 0 Å². The highest BCUT2D eigenvalue weighted by atomic mass is 32.2. The molecule has 3 heteroatoms. The van der Waals surface area contributed by atoms with Crippen LogP contribution in [0, 0.1) is 6.92 Å². The summed E-state index contributed by atoms with van der Waals surface area (Å²) in [6.45, 7) is 8.80. The summed E-state index contributed by atoms with van der Waals surface area (Å²) in [5.41, 5.74) is 0. The van der Waals surface area contributed by atoms with Gasteiger partial charge in [0.2, 0.25) is 0 Å². The molecule has 0 aliphatic heterocycles. The number of hydrogen-bond donors (Lipinski definition) is 0. The van der Waals surface area contributed by atoms with Crippen LogP contribution in [0.15, 0.2) is 6.20 Å². The lowest BCUT2D eigenvalue weighted by Crippen LogP contribution is -2.07. The summed E-state index contributed by atoms with van der Waals surface area (Å²) in [6.07, 6.45) is 1.95. The van der Waals surface area contributed by atoms with E-state index in [-0.39, 0.29) is 0 Å². The monoisotopic (exact) mass is 201 g/mol. The third-order valence-corrected chi connectivity index (χ3v) is 3.68. The molecular formula is C9H15NS2. The quantitative estimate of drug-likeness (QED) is 0.726. The van der Waals surface area contributed by atoms with Crippen LogP contribution in [0.2, 0.25) is 0 Å². The van der Waals surface area contributed by atoms with E-state index in [2.05, 4.69) is 32.7 Å². The molecule has 1 nitrogen and oxygen atoms in total. The van der Waals surface area contributed by atoms with Crippen molar-refractivity contribution < 1.29 is 0 Å². The van der Waals surface area contributed by atoms with Crippen LogP contribution in [0.4, 0.5) is 0 Å². The largest absolute Gasteiger partial charge is 0.249 e. The van der Waals surface area contributed by atoms with Gasteiger partial charge in [0.25, 0.3) is 0 Å². The summed E-state index contributed by atoms with van der Waals surface area (Å²) in [5.74, 6) is 1.04. The summed E-state index contributed by atoms with van der Waals surface area (Å²) < 4.78 is 0.347. The second kappa shape index (κ2) is 3.79. The van der Waals surface area contributed by atoms with E-state index in [0.717, 1.165) is 5.75 Å². The third-order valence-electron chi connectivity index (χ3n) is 1.30. The fourth-order valence-electron chi connectivity index (χ4n) is 0.746.